The average Bonchev–Trinajstić information content (AvgIpc) is 2.77. The summed E-state index contributed by atoms with van der Waals surface area (Å²) in [6, 6.07) is 1.91. The minimum absolute atomic E-state index is 0.603. The number of hydrogen-bond acceptors (Lipinski definition) is 6. The van der Waals surface area contributed by atoms with Crippen molar-refractivity contribution in [3.8, 4) is 0 Å². The zero-order valence-corrected chi connectivity index (χ0v) is 11.1. The van der Waals surface area contributed by atoms with Crippen LogP contribution in [0.5, 0.6) is 0 Å². The minimum Gasteiger partial charge on any atom is -0.382 e. The second-order valence-electron chi connectivity index (χ2n) is 3.82. The summed E-state index contributed by atoms with van der Waals surface area (Å²) < 4.78 is 20.5. The maximum absolute atomic E-state index is 5.38. The maximum Gasteiger partial charge on any atom is 0.133 e. The first-order valence-electron chi connectivity index (χ1n) is 6.10. The Morgan fingerprint density at radius 2 is 1.89 bits per heavy atom. The zero-order chi connectivity index (χ0) is 13.1. The minimum atomic E-state index is 0.603. The van der Waals surface area contributed by atoms with Crippen molar-refractivity contribution >= 4 is 0 Å². The normalized spacial score (nSPS) is 11.0. The van der Waals surface area contributed by atoms with Crippen molar-refractivity contribution in [1.29, 1.82) is 0 Å². The number of ether oxygens (including phenoxy) is 3. The summed E-state index contributed by atoms with van der Waals surface area (Å²) in [5.74, 6) is 0.830. The van der Waals surface area contributed by atoms with Gasteiger partial charge >= 0.3 is 0 Å². The number of aryl methyl sites for hydroxylation is 1. The number of nitrogens with one attached hydrogen (secondary N) is 1. The first kappa shape index (κ1) is 15.1. The van der Waals surface area contributed by atoms with Crippen molar-refractivity contribution in [3.63, 3.8) is 0 Å². The van der Waals surface area contributed by atoms with Crippen LogP contribution in [0.15, 0.2) is 10.6 Å². The predicted molar refractivity (Wildman–Crippen MR) is 66.5 cm³/mol. The van der Waals surface area contributed by atoms with Gasteiger partial charge in [-0.05, 0) is 6.92 Å². The summed E-state index contributed by atoms with van der Waals surface area (Å²) in [5.41, 5.74) is 0.912. The van der Waals surface area contributed by atoms with Gasteiger partial charge in [0.1, 0.15) is 5.76 Å². The maximum atomic E-state index is 5.38. The van der Waals surface area contributed by atoms with Gasteiger partial charge in [-0.1, -0.05) is 5.16 Å². The lowest BCUT2D eigenvalue weighted by Gasteiger charge is -2.05. The third-order valence-corrected chi connectivity index (χ3v) is 2.21. The number of aromatic nitrogens is 1. The van der Waals surface area contributed by atoms with Crippen LogP contribution in [0, 0.1) is 6.92 Å². The SMILES string of the molecule is COCCOCCOCCNCc1cc(C)on1. The van der Waals surface area contributed by atoms with Gasteiger partial charge < -0.3 is 24.1 Å². The van der Waals surface area contributed by atoms with E-state index in [0.29, 0.717) is 39.6 Å². The summed E-state index contributed by atoms with van der Waals surface area (Å²) in [4.78, 5) is 0. The Morgan fingerprint density at radius 1 is 1.17 bits per heavy atom. The highest BCUT2D eigenvalue weighted by atomic mass is 16.5. The van der Waals surface area contributed by atoms with Crippen LogP contribution in [0.4, 0.5) is 0 Å². The quantitative estimate of drug-likeness (QED) is 0.591. The monoisotopic (exact) mass is 258 g/mol. The Balaban J connectivity index is 1.81. The van der Waals surface area contributed by atoms with Crippen molar-refractivity contribution in [2.75, 3.05) is 46.7 Å². The van der Waals surface area contributed by atoms with Crippen LogP contribution in [0.1, 0.15) is 11.5 Å². The van der Waals surface area contributed by atoms with E-state index in [1.165, 1.54) is 0 Å². The van der Waals surface area contributed by atoms with Gasteiger partial charge in [-0.2, -0.15) is 0 Å². The first-order valence-corrected chi connectivity index (χ1v) is 6.10. The van der Waals surface area contributed by atoms with Crippen LogP contribution in [0.2, 0.25) is 0 Å². The molecule has 0 aliphatic carbocycles. The highest BCUT2D eigenvalue weighted by Gasteiger charge is 1.98. The fraction of sp³-hybridized carbons (Fsp3) is 0.750. The average molecular weight is 258 g/mol. The van der Waals surface area contributed by atoms with Crippen LogP contribution in [0.3, 0.4) is 0 Å². The molecular weight excluding hydrogens is 236 g/mol. The van der Waals surface area contributed by atoms with Gasteiger partial charge in [-0.25, -0.2) is 0 Å². The molecule has 0 radical (unpaired) electrons. The van der Waals surface area contributed by atoms with Gasteiger partial charge in [-0.3, -0.25) is 0 Å². The number of hydrogen-bond donors (Lipinski definition) is 1. The molecule has 0 fully saturated rings. The van der Waals surface area contributed by atoms with Crippen molar-refractivity contribution in [3.05, 3.63) is 17.5 Å². The van der Waals surface area contributed by atoms with Crippen molar-refractivity contribution in [2.24, 2.45) is 0 Å². The fourth-order valence-electron chi connectivity index (χ4n) is 1.33. The van der Waals surface area contributed by atoms with Crippen LogP contribution in [-0.4, -0.2) is 51.8 Å². The van der Waals surface area contributed by atoms with E-state index in [1.807, 2.05) is 13.0 Å². The van der Waals surface area contributed by atoms with Gasteiger partial charge in [-0.15, -0.1) is 0 Å². The second kappa shape index (κ2) is 10.0. The summed E-state index contributed by atoms with van der Waals surface area (Å²) >= 11 is 0. The fourth-order valence-corrected chi connectivity index (χ4v) is 1.33. The molecule has 6 heteroatoms. The van der Waals surface area contributed by atoms with Crippen molar-refractivity contribution in [2.45, 2.75) is 13.5 Å². The van der Waals surface area contributed by atoms with E-state index in [9.17, 15) is 0 Å². The van der Waals surface area contributed by atoms with E-state index in [1.54, 1.807) is 7.11 Å². The molecule has 0 aliphatic rings. The van der Waals surface area contributed by atoms with Crippen LogP contribution < -0.4 is 5.32 Å². The molecule has 0 unspecified atom stereocenters. The second-order valence-corrected chi connectivity index (χ2v) is 3.82. The molecule has 0 saturated carbocycles. The molecule has 0 aliphatic heterocycles. The van der Waals surface area contributed by atoms with E-state index < -0.39 is 0 Å². The zero-order valence-electron chi connectivity index (χ0n) is 11.1. The lowest BCUT2D eigenvalue weighted by atomic mass is 10.4. The highest BCUT2D eigenvalue weighted by molar-refractivity contribution is 5.02. The van der Waals surface area contributed by atoms with E-state index in [4.69, 9.17) is 18.7 Å². The molecule has 1 aromatic rings. The molecule has 18 heavy (non-hydrogen) atoms. The summed E-state index contributed by atoms with van der Waals surface area (Å²) in [7, 11) is 1.65. The van der Waals surface area contributed by atoms with Crippen LogP contribution >= 0.6 is 0 Å². The smallest absolute Gasteiger partial charge is 0.133 e. The van der Waals surface area contributed by atoms with Gasteiger partial charge in [0.2, 0.25) is 0 Å². The van der Waals surface area contributed by atoms with E-state index in [2.05, 4.69) is 10.5 Å². The topological polar surface area (TPSA) is 65.8 Å². The molecule has 1 N–H and O–H groups in total. The van der Waals surface area contributed by atoms with Crippen molar-refractivity contribution < 1.29 is 18.7 Å². The number of methoxy groups -OCH3 is 1. The Labute approximate surface area is 108 Å². The van der Waals surface area contributed by atoms with Crippen LogP contribution in [-0.2, 0) is 20.8 Å². The lowest BCUT2D eigenvalue weighted by molar-refractivity contribution is 0.0255. The molecule has 0 spiro atoms. The molecule has 0 aromatic carbocycles. The lowest BCUT2D eigenvalue weighted by Crippen LogP contribution is -2.20. The molecule has 0 atom stereocenters. The van der Waals surface area contributed by atoms with Gasteiger partial charge in [0.05, 0.1) is 38.7 Å². The molecule has 1 aromatic heterocycles. The largest absolute Gasteiger partial charge is 0.382 e. The Morgan fingerprint density at radius 3 is 2.56 bits per heavy atom. The molecule has 0 bridgehead atoms. The number of nitrogens with zero attached hydrogens (tertiary/aromatic N) is 1. The Hall–Kier alpha value is -0.950. The Kier molecular flexibility index (Phi) is 8.41. The molecule has 104 valence electrons. The van der Waals surface area contributed by atoms with E-state index in [0.717, 1.165) is 18.0 Å². The molecular formula is C12H22N2O4. The van der Waals surface area contributed by atoms with E-state index >= 15 is 0 Å². The highest BCUT2D eigenvalue weighted by Crippen LogP contribution is 1.99. The Bertz CT molecular complexity index is 304. The standard InChI is InChI=1S/C12H22N2O4/c1-11-9-12(14-18-11)10-13-3-4-16-7-8-17-6-5-15-2/h9,13H,3-8,10H2,1-2H3. The first-order chi connectivity index (χ1) is 8.83. The van der Waals surface area contributed by atoms with Gasteiger partial charge in [0.15, 0.2) is 0 Å². The molecule has 6 nitrogen and oxygen atoms in total. The summed E-state index contributed by atoms with van der Waals surface area (Å²) in [6.07, 6.45) is 0. The summed E-state index contributed by atoms with van der Waals surface area (Å²) in [6.45, 7) is 6.46. The van der Waals surface area contributed by atoms with Crippen molar-refractivity contribution in [1.82, 2.24) is 10.5 Å². The van der Waals surface area contributed by atoms with Crippen LogP contribution in [0.25, 0.3) is 0 Å². The molecule has 0 saturated heterocycles. The third-order valence-electron chi connectivity index (χ3n) is 2.21. The van der Waals surface area contributed by atoms with E-state index in [-0.39, 0.29) is 0 Å². The summed E-state index contributed by atoms with van der Waals surface area (Å²) in [5, 5.41) is 7.10. The van der Waals surface area contributed by atoms with Gasteiger partial charge in [0, 0.05) is 26.3 Å². The molecule has 1 heterocycles. The number of rotatable bonds is 11. The molecule has 0 amide bonds. The molecule has 1 rings (SSSR count). The predicted octanol–water partition coefficient (Wildman–Crippen LogP) is 0.752. The van der Waals surface area contributed by atoms with Gasteiger partial charge in [0.25, 0.3) is 0 Å². The third kappa shape index (κ3) is 7.39.